The maximum absolute atomic E-state index is 10.4. The van der Waals surface area contributed by atoms with E-state index in [1.165, 1.54) is 77.0 Å². The van der Waals surface area contributed by atoms with Crippen LogP contribution in [0.3, 0.4) is 0 Å². The van der Waals surface area contributed by atoms with Crippen molar-refractivity contribution in [2.45, 2.75) is 128 Å². The van der Waals surface area contributed by atoms with E-state index in [9.17, 15) is 5.11 Å². The minimum absolute atomic E-state index is 0.0957. The van der Waals surface area contributed by atoms with E-state index in [1.54, 1.807) is 0 Å². The van der Waals surface area contributed by atoms with Gasteiger partial charge >= 0.3 is 0 Å². The molecule has 2 rings (SSSR count). The predicted molar refractivity (Wildman–Crippen MR) is 99.1 cm³/mol. The molecular formula is C21H40O3. The van der Waals surface area contributed by atoms with Crippen LogP contribution < -0.4 is 0 Å². The first-order valence-corrected chi connectivity index (χ1v) is 10.8. The maximum atomic E-state index is 10.4. The molecule has 2 fully saturated rings. The lowest BCUT2D eigenvalue weighted by Gasteiger charge is -2.32. The number of unbranched alkanes of at least 4 members (excludes halogenated alkanes) is 9. The van der Waals surface area contributed by atoms with E-state index in [0.29, 0.717) is 6.61 Å². The zero-order chi connectivity index (χ0) is 17.1. The Hall–Kier alpha value is -0.120. The van der Waals surface area contributed by atoms with Crippen molar-refractivity contribution in [3.63, 3.8) is 0 Å². The number of rotatable bonds is 12. The highest BCUT2D eigenvalue weighted by atomic mass is 16.7. The highest BCUT2D eigenvalue weighted by Gasteiger charge is 2.44. The molecule has 0 aromatic heterocycles. The molecule has 1 aliphatic carbocycles. The summed E-state index contributed by atoms with van der Waals surface area (Å²) in [6, 6.07) is 0. The van der Waals surface area contributed by atoms with Crippen molar-refractivity contribution < 1.29 is 14.6 Å². The fraction of sp³-hybridized carbons (Fsp3) is 1.00. The summed E-state index contributed by atoms with van der Waals surface area (Å²) in [4.78, 5) is 0. The van der Waals surface area contributed by atoms with Gasteiger partial charge in [-0.3, -0.25) is 0 Å². The molecule has 24 heavy (non-hydrogen) atoms. The van der Waals surface area contributed by atoms with Crippen molar-refractivity contribution >= 4 is 0 Å². The summed E-state index contributed by atoms with van der Waals surface area (Å²) in [5.74, 6) is -0.346. The average Bonchev–Trinajstić information content (AvgIpc) is 3.00. The summed E-state index contributed by atoms with van der Waals surface area (Å²) in [5.41, 5.74) is 0. The molecule has 0 bridgehead atoms. The second kappa shape index (κ2) is 11.5. The van der Waals surface area contributed by atoms with E-state index in [2.05, 4.69) is 6.92 Å². The summed E-state index contributed by atoms with van der Waals surface area (Å²) in [5, 5.41) is 10.4. The molecular weight excluding hydrogens is 300 g/mol. The molecule has 1 heterocycles. The Labute approximate surface area is 149 Å². The Bertz CT molecular complexity index is 312. The Morgan fingerprint density at radius 3 is 2.08 bits per heavy atom. The van der Waals surface area contributed by atoms with Gasteiger partial charge in [-0.1, -0.05) is 77.6 Å². The molecule has 3 heteroatoms. The smallest absolute Gasteiger partial charge is 0.169 e. The third kappa shape index (κ3) is 7.01. The summed E-state index contributed by atoms with van der Waals surface area (Å²) in [7, 11) is 0. The minimum Gasteiger partial charge on any atom is -0.390 e. The molecule has 0 aromatic carbocycles. The van der Waals surface area contributed by atoms with E-state index in [1.807, 2.05) is 0 Å². The molecule has 1 saturated heterocycles. The van der Waals surface area contributed by atoms with Gasteiger partial charge in [0.1, 0.15) is 6.10 Å². The van der Waals surface area contributed by atoms with Crippen molar-refractivity contribution in [1.29, 1.82) is 0 Å². The zero-order valence-corrected chi connectivity index (χ0v) is 15.9. The van der Waals surface area contributed by atoms with E-state index in [4.69, 9.17) is 9.47 Å². The van der Waals surface area contributed by atoms with Gasteiger partial charge in [0.05, 0.1) is 12.7 Å². The number of aliphatic hydroxyl groups excluding tert-OH is 1. The number of hydrogen-bond acceptors (Lipinski definition) is 3. The largest absolute Gasteiger partial charge is 0.390 e. The molecule has 1 N–H and O–H groups in total. The summed E-state index contributed by atoms with van der Waals surface area (Å²) in [6.07, 6.45) is 19.5. The van der Waals surface area contributed by atoms with Crippen molar-refractivity contribution in [2.75, 3.05) is 6.61 Å². The highest BCUT2D eigenvalue weighted by molar-refractivity contribution is 4.85. The third-order valence-electron chi connectivity index (χ3n) is 5.77. The van der Waals surface area contributed by atoms with Crippen LogP contribution in [0.5, 0.6) is 0 Å². The zero-order valence-electron chi connectivity index (χ0n) is 15.9. The minimum atomic E-state index is -0.347. The third-order valence-corrected chi connectivity index (χ3v) is 5.77. The van der Waals surface area contributed by atoms with Crippen molar-refractivity contribution in [3.05, 3.63) is 0 Å². The summed E-state index contributed by atoms with van der Waals surface area (Å²) in [6.45, 7) is 2.85. The lowest BCUT2D eigenvalue weighted by molar-refractivity contribution is -0.195. The van der Waals surface area contributed by atoms with Crippen LogP contribution in [0.1, 0.15) is 110 Å². The first kappa shape index (κ1) is 20.2. The van der Waals surface area contributed by atoms with Crippen LogP contribution in [0.15, 0.2) is 0 Å². The Kier molecular flexibility index (Phi) is 9.67. The Morgan fingerprint density at radius 1 is 0.875 bits per heavy atom. The van der Waals surface area contributed by atoms with Crippen LogP contribution in [0.25, 0.3) is 0 Å². The van der Waals surface area contributed by atoms with E-state index >= 15 is 0 Å². The quantitative estimate of drug-likeness (QED) is 0.461. The average molecular weight is 341 g/mol. The number of hydrogen-bond donors (Lipinski definition) is 1. The fourth-order valence-electron chi connectivity index (χ4n) is 4.15. The van der Waals surface area contributed by atoms with Crippen molar-refractivity contribution in [1.82, 2.24) is 0 Å². The molecule has 0 amide bonds. The predicted octanol–water partition coefficient (Wildman–Crippen LogP) is 5.73. The van der Waals surface area contributed by atoms with Crippen LogP contribution in [0.4, 0.5) is 0 Å². The van der Waals surface area contributed by atoms with Gasteiger partial charge in [-0.2, -0.15) is 0 Å². The molecule has 1 spiro atoms. The molecule has 3 nitrogen and oxygen atoms in total. The second-order valence-electron chi connectivity index (χ2n) is 7.98. The molecule has 2 aliphatic rings. The molecule has 142 valence electrons. The monoisotopic (exact) mass is 340 g/mol. The Morgan fingerprint density at radius 2 is 1.46 bits per heavy atom. The van der Waals surface area contributed by atoms with E-state index < -0.39 is 0 Å². The first-order valence-electron chi connectivity index (χ1n) is 10.8. The summed E-state index contributed by atoms with van der Waals surface area (Å²) < 4.78 is 12.1. The van der Waals surface area contributed by atoms with Gasteiger partial charge in [-0.15, -0.1) is 0 Å². The van der Waals surface area contributed by atoms with Gasteiger partial charge in [0.2, 0.25) is 0 Å². The van der Waals surface area contributed by atoms with Crippen LogP contribution in [0.2, 0.25) is 0 Å². The van der Waals surface area contributed by atoms with E-state index in [0.717, 1.165) is 25.7 Å². The molecule has 1 aliphatic heterocycles. The van der Waals surface area contributed by atoms with Gasteiger partial charge in [0.25, 0.3) is 0 Å². The van der Waals surface area contributed by atoms with Crippen LogP contribution in [-0.2, 0) is 9.47 Å². The van der Waals surface area contributed by atoms with Gasteiger partial charge in [-0.05, 0) is 19.3 Å². The van der Waals surface area contributed by atoms with Crippen molar-refractivity contribution in [2.24, 2.45) is 0 Å². The topological polar surface area (TPSA) is 38.7 Å². The second-order valence-corrected chi connectivity index (χ2v) is 7.98. The van der Waals surface area contributed by atoms with Crippen LogP contribution in [-0.4, -0.2) is 29.7 Å². The summed E-state index contributed by atoms with van der Waals surface area (Å²) >= 11 is 0. The van der Waals surface area contributed by atoms with E-state index in [-0.39, 0.29) is 18.0 Å². The van der Waals surface area contributed by atoms with Gasteiger partial charge in [0.15, 0.2) is 5.79 Å². The number of ether oxygens (including phenoxy) is 2. The highest BCUT2D eigenvalue weighted by Crippen LogP contribution is 2.38. The first-order chi connectivity index (χ1) is 11.8. The normalized spacial score (nSPS) is 24.5. The van der Waals surface area contributed by atoms with Gasteiger partial charge in [0, 0.05) is 12.8 Å². The molecule has 0 unspecified atom stereocenters. The van der Waals surface area contributed by atoms with Crippen LogP contribution in [0, 0.1) is 0 Å². The SMILES string of the molecule is CCCCCCCCCCCC[C@@H](O)[C@H]1COC2(CCCCC2)O1. The Balaban J connectivity index is 1.45. The number of aliphatic hydroxyl groups is 1. The maximum Gasteiger partial charge on any atom is 0.169 e. The molecule has 0 aromatic rings. The molecule has 1 saturated carbocycles. The lowest BCUT2D eigenvalue weighted by atomic mass is 9.94. The van der Waals surface area contributed by atoms with Gasteiger partial charge < -0.3 is 14.6 Å². The molecule has 2 atom stereocenters. The van der Waals surface area contributed by atoms with Crippen LogP contribution >= 0.6 is 0 Å². The fourth-order valence-corrected chi connectivity index (χ4v) is 4.15. The lowest BCUT2D eigenvalue weighted by Crippen LogP contribution is -2.36. The van der Waals surface area contributed by atoms with Gasteiger partial charge in [-0.25, -0.2) is 0 Å². The standard InChI is InChI=1S/C21H40O3/c1-2-3-4-5-6-7-8-9-10-12-15-19(22)20-18-23-21(24-20)16-13-11-14-17-21/h19-20,22H,2-18H2,1H3/t19-,20-/m1/s1. The molecule has 0 radical (unpaired) electrons. The van der Waals surface area contributed by atoms with Crippen molar-refractivity contribution in [3.8, 4) is 0 Å².